The van der Waals surface area contributed by atoms with Crippen LogP contribution in [0.3, 0.4) is 0 Å². The molecule has 33 heavy (non-hydrogen) atoms. The molecule has 0 saturated carbocycles. The average Bonchev–Trinajstić information content (AvgIpc) is 3.14. The van der Waals surface area contributed by atoms with Crippen molar-refractivity contribution in [3.63, 3.8) is 0 Å². The number of aromatic nitrogens is 1. The first-order valence-electron chi connectivity index (χ1n) is 8.53. The molecule has 0 radical (unpaired) electrons. The Bertz CT molecular complexity index is 1090. The smallest absolute Gasteiger partial charge is 0.362 e. The number of carbonyl (C=O) groups is 5. The van der Waals surface area contributed by atoms with E-state index in [0.717, 1.165) is 11.3 Å². The Balaban J connectivity index is 2.21. The molecular weight excluding hydrogens is 492 g/mol. The zero-order valence-corrected chi connectivity index (χ0v) is 17.9. The maximum absolute atomic E-state index is 12.7. The first kappa shape index (κ1) is 25.4. The van der Waals surface area contributed by atoms with Crippen molar-refractivity contribution in [3.8, 4) is 0 Å². The van der Waals surface area contributed by atoms with Crippen molar-refractivity contribution >= 4 is 62.6 Å². The minimum Gasteiger partial charge on any atom is -0.479 e. The van der Waals surface area contributed by atoms with Gasteiger partial charge < -0.3 is 31.0 Å². The lowest BCUT2D eigenvalue weighted by Crippen LogP contribution is -2.73. The highest BCUT2D eigenvalue weighted by atomic mass is 32.2. The lowest BCUT2D eigenvalue weighted by molar-refractivity contribution is -0.155. The summed E-state index contributed by atoms with van der Waals surface area (Å²) >= 11 is 0.909. The maximum Gasteiger partial charge on any atom is 0.362 e. The van der Waals surface area contributed by atoms with E-state index in [1.807, 2.05) is 5.32 Å². The van der Waals surface area contributed by atoms with Gasteiger partial charge in [0, 0.05) is 5.38 Å². The van der Waals surface area contributed by atoms with Crippen molar-refractivity contribution in [2.75, 3.05) is 25.5 Å². The molecule has 6 N–H and O–H groups in total. The van der Waals surface area contributed by atoms with E-state index in [0.29, 0.717) is 0 Å². The summed E-state index contributed by atoms with van der Waals surface area (Å²) in [6.45, 7) is -2.25. The van der Waals surface area contributed by atoms with Crippen LogP contribution in [0.15, 0.2) is 10.5 Å². The molecular formula is C14H16N6O11S2. The summed E-state index contributed by atoms with van der Waals surface area (Å²) in [5, 5.41) is 17.5. The van der Waals surface area contributed by atoms with E-state index in [9.17, 15) is 36.9 Å². The van der Waals surface area contributed by atoms with Gasteiger partial charge in [-0.3, -0.25) is 23.7 Å². The van der Waals surface area contributed by atoms with Crippen LogP contribution in [0.5, 0.6) is 0 Å². The molecule has 0 spiro atoms. The molecule has 1 aromatic rings. The molecule has 19 heteroatoms. The molecule has 1 fully saturated rings. The lowest BCUT2D eigenvalue weighted by Gasteiger charge is -2.43. The normalized spacial score (nSPS) is 18.2. The van der Waals surface area contributed by atoms with Gasteiger partial charge in [0.25, 0.3) is 11.8 Å². The van der Waals surface area contributed by atoms with Gasteiger partial charge in [0.15, 0.2) is 10.8 Å². The highest BCUT2D eigenvalue weighted by Gasteiger charge is 2.54. The lowest BCUT2D eigenvalue weighted by atomic mass is 9.99. The summed E-state index contributed by atoms with van der Waals surface area (Å²) in [7, 11) is -5.07. The van der Waals surface area contributed by atoms with Gasteiger partial charge in [0.1, 0.15) is 30.9 Å². The Hall–Kier alpha value is -3.84. The Morgan fingerprint density at radius 1 is 1.39 bits per heavy atom. The van der Waals surface area contributed by atoms with Gasteiger partial charge in [-0.1, -0.05) is 5.16 Å². The van der Waals surface area contributed by atoms with E-state index in [2.05, 4.69) is 20.3 Å². The second-order valence-electron chi connectivity index (χ2n) is 5.99. The molecule has 2 rings (SSSR count). The van der Waals surface area contributed by atoms with Gasteiger partial charge in [0.2, 0.25) is 13.0 Å². The molecule has 1 aliphatic heterocycles. The number of ether oxygens (including phenoxy) is 1. The van der Waals surface area contributed by atoms with E-state index < -0.39 is 71.6 Å². The summed E-state index contributed by atoms with van der Waals surface area (Å²) in [6, 6.07) is -3.15. The molecule has 0 aromatic carbocycles. The van der Waals surface area contributed by atoms with Crippen LogP contribution in [-0.2, 0) is 43.9 Å². The van der Waals surface area contributed by atoms with Crippen molar-refractivity contribution in [2.45, 2.75) is 12.1 Å². The molecule has 180 valence electrons. The molecule has 17 nitrogen and oxygen atoms in total. The fourth-order valence-corrected chi connectivity index (χ4v) is 3.86. The second-order valence-corrected chi connectivity index (χ2v) is 8.17. The Kier molecular flexibility index (Phi) is 8.21. The first-order chi connectivity index (χ1) is 15.5. The van der Waals surface area contributed by atoms with E-state index in [4.69, 9.17) is 15.6 Å². The number of nitrogen functional groups attached to an aromatic ring is 1. The van der Waals surface area contributed by atoms with Crippen molar-refractivity contribution in [3.05, 3.63) is 11.1 Å². The standard InChI is InChI=1S/C14H16N6O11S2/c15-14-17-6(4-32-14)10(19-31-3-8(22)23)12(25)18-11-7(2-30-9(24)1-16-5-21)20(13(11)26)33(27,28)29/h4-5,7,11H,1-3H2,(H2,15,17)(H,16,21)(H,18,25)(H,22,23)(H,27,28,29). The van der Waals surface area contributed by atoms with Crippen molar-refractivity contribution in [1.29, 1.82) is 0 Å². The van der Waals surface area contributed by atoms with E-state index in [1.165, 1.54) is 5.38 Å². The topological polar surface area (TPSA) is 257 Å². The van der Waals surface area contributed by atoms with Gasteiger partial charge in [-0.2, -0.15) is 8.42 Å². The van der Waals surface area contributed by atoms with Crippen molar-refractivity contribution < 1.29 is 51.6 Å². The predicted octanol–water partition coefficient (Wildman–Crippen LogP) is -3.68. The third-order valence-corrected chi connectivity index (χ3v) is 5.39. The van der Waals surface area contributed by atoms with Crippen LogP contribution in [0.2, 0.25) is 0 Å². The molecule has 3 amide bonds. The summed E-state index contributed by atoms with van der Waals surface area (Å²) in [5.74, 6) is -4.80. The van der Waals surface area contributed by atoms with Gasteiger partial charge in [-0.05, 0) is 0 Å². The Labute approximate surface area is 188 Å². The SMILES string of the molecule is Nc1nc(C(=NOCC(=O)O)C(=O)NC2C(=O)N(S(=O)(=O)O)C2COC(=O)CNC=O)cs1. The molecule has 1 aromatic heterocycles. The second kappa shape index (κ2) is 10.7. The molecule has 2 heterocycles. The number of thiazole rings is 1. The molecule has 0 aliphatic carbocycles. The number of carbonyl (C=O) groups excluding carboxylic acids is 4. The van der Waals surface area contributed by atoms with Crippen LogP contribution < -0.4 is 16.4 Å². The van der Waals surface area contributed by atoms with E-state index >= 15 is 0 Å². The first-order valence-corrected chi connectivity index (χ1v) is 10.8. The van der Waals surface area contributed by atoms with Gasteiger partial charge in [-0.25, -0.2) is 14.1 Å². The number of amides is 3. The summed E-state index contributed by atoms with van der Waals surface area (Å²) in [4.78, 5) is 65.6. The van der Waals surface area contributed by atoms with Crippen LogP contribution in [0.1, 0.15) is 5.69 Å². The number of carboxylic acids is 1. The van der Waals surface area contributed by atoms with Gasteiger partial charge in [0.05, 0.1) is 0 Å². The quantitative estimate of drug-likeness (QED) is 0.0455. The third-order valence-electron chi connectivity index (χ3n) is 3.77. The fraction of sp³-hybridized carbons (Fsp3) is 0.357. The number of nitrogens with zero attached hydrogens (tertiary/aromatic N) is 3. The zero-order valence-electron chi connectivity index (χ0n) is 16.2. The number of esters is 1. The summed E-state index contributed by atoms with van der Waals surface area (Å²) in [6.07, 6.45) is 0.208. The average molecular weight is 508 g/mol. The highest BCUT2D eigenvalue weighted by molar-refractivity contribution is 7.84. The predicted molar refractivity (Wildman–Crippen MR) is 106 cm³/mol. The van der Waals surface area contributed by atoms with Crippen LogP contribution >= 0.6 is 11.3 Å². The van der Waals surface area contributed by atoms with E-state index in [-0.39, 0.29) is 21.5 Å². The summed E-state index contributed by atoms with van der Waals surface area (Å²) < 4.78 is 36.9. The van der Waals surface area contributed by atoms with Crippen LogP contribution in [0.25, 0.3) is 0 Å². The Morgan fingerprint density at radius 2 is 2.09 bits per heavy atom. The number of rotatable bonds is 12. The molecule has 0 bridgehead atoms. The zero-order chi connectivity index (χ0) is 24.8. The van der Waals surface area contributed by atoms with Gasteiger partial charge >= 0.3 is 22.2 Å². The maximum atomic E-state index is 12.7. The largest absolute Gasteiger partial charge is 0.479 e. The number of nitrogens with one attached hydrogen (secondary N) is 2. The van der Waals surface area contributed by atoms with Crippen LogP contribution in [-0.4, -0.2) is 95.1 Å². The monoisotopic (exact) mass is 508 g/mol. The molecule has 1 aliphatic rings. The minimum absolute atomic E-state index is 0.0169. The number of anilines is 1. The van der Waals surface area contributed by atoms with Crippen LogP contribution in [0.4, 0.5) is 5.13 Å². The number of hydrogen-bond donors (Lipinski definition) is 5. The van der Waals surface area contributed by atoms with Crippen molar-refractivity contribution in [1.82, 2.24) is 19.9 Å². The van der Waals surface area contributed by atoms with Gasteiger partial charge in [-0.15, -0.1) is 11.3 Å². The molecule has 2 atom stereocenters. The highest BCUT2D eigenvalue weighted by Crippen LogP contribution is 2.24. The number of nitrogens with two attached hydrogens (primary N) is 1. The van der Waals surface area contributed by atoms with Crippen molar-refractivity contribution in [2.24, 2.45) is 5.16 Å². The summed E-state index contributed by atoms with van der Waals surface area (Å²) in [5.41, 5.74) is 4.77. The minimum atomic E-state index is -5.07. The Morgan fingerprint density at radius 3 is 2.64 bits per heavy atom. The number of carboxylic acid groups (broad SMARTS) is 1. The van der Waals surface area contributed by atoms with E-state index in [1.54, 1.807) is 0 Å². The number of aliphatic carboxylic acids is 1. The number of oxime groups is 1. The van der Waals surface area contributed by atoms with Crippen LogP contribution in [0, 0.1) is 0 Å². The number of hydrogen-bond acceptors (Lipinski definition) is 13. The number of β-lactam (4-membered cyclic amide) rings is 1. The third kappa shape index (κ3) is 6.57. The molecule has 1 saturated heterocycles. The fourth-order valence-electron chi connectivity index (χ4n) is 2.44. The molecule has 2 unspecified atom stereocenters.